The minimum absolute atomic E-state index is 0.0340. The lowest BCUT2D eigenvalue weighted by molar-refractivity contribution is -0.0712. The van der Waals surface area contributed by atoms with Crippen LogP contribution in [0.25, 0.3) is 33.2 Å². The molecule has 4 nitrogen and oxygen atoms in total. The molecular formula is C30H30N2O2. The van der Waals surface area contributed by atoms with Crippen LogP contribution in [0.15, 0.2) is 83.7 Å². The van der Waals surface area contributed by atoms with Crippen molar-refractivity contribution in [1.29, 1.82) is 0 Å². The van der Waals surface area contributed by atoms with E-state index >= 15 is 0 Å². The molecule has 0 atom stereocenters. The third kappa shape index (κ3) is 3.87. The molecule has 4 heteroatoms. The molecule has 6 rings (SSSR count). The molecule has 3 aromatic carbocycles. The van der Waals surface area contributed by atoms with E-state index in [-0.39, 0.29) is 5.56 Å². The van der Waals surface area contributed by atoms with Crippen molar-refractivity contribution in [2.75, 3.05) is 26.3 Å². The first kappa shape index (κ1) is 21.3. The second-order valence-electron chi connectivity index (χ2n) is 9.69. The molecule has 0 aliphatic carbocycles. The second-order valence-corrected chi connectivity index (χ2v) is 9.69. The molecule has 2 saturated heterocycles. The third-order valence-electron chi connectivity index (χ3n) is 7.69. The first-order valence-corrected chi connectivity index (χ1v) is 12.3. The number of hydrogen-bond donors (Lipinski definition) is 0. The van der Waals surface area contributed by atoms with Crippen LogP contribution in [0.1, 0.15) is 24.3 Å². The largest absolute Gasteiger partial charge is 0.378 e. The number of likely N-dealkylation sites (tertiary alicyclic amines) is 1. The highest BCUT2D eigenvalue weighted by Gasteiger charge is 2.30. The summed E-state index contributed by atoms with van der Waals surface area (Å²) in [5.74, 6) is 0.644. The molecule has 0 N–H and O–H groups in total. The lowest BCUT2D eigenvalue weighted by atomic mass is 9.88. The van der Waals surface area contributed by atoms with E-state index < -0.39 is 0 Å². The molecule has 34 heavy (non-hydrogen) atoms. The fourth-order valence-electron chi connectivity index (χ4n) is 5.47. The van der Waals surface area contributed by atoms with Gasteiger partial charge in [-0.1, -0.05) is 60.7 Å². The van der Waals surface area contributed by atoms with E-state index in [0.717, 1.165) is 35.2 Å². The van der Waals surface area contributed by atoms with Gasteiger partial charge in [-0.3, -0.25) is 9.69 Å². The number of benzene rings is 3. The summed E-state index contributed by atoms with van der Waals surface area (Å²) in [6.07, 6.45) is 2.45. The molecule has 1 aromatic heterocycles. The van der Waals surface area contributed by atoms with Crippen molar-refractivity contribution in [2.45, 2.75) is 24.8 Å². The molecule has 3 heterocycles. The highest BCUT2D eigenvalue weighted by molar-refractivity contribution is 5.88. The zero-order chi connectivity index (χ0) is 23.1. The minimum atomic E-state index is 0.0340. The van der Waals surface area contributed by atoms with Crippen LogP contribution >= 0.6 is 0 Å². The van der Waals surface area contributed by atoms with E-state index in [2.05, 4.69) is 47.4 Å². The van der Waals surface area contributed by atoms with Crippen molar-refractivity contribution >= 4 is 10.9 Å². The maximum absolute atomic E-state index is 13.0. The minimum Gasteiger partial charge on any atom is -0.378 e. The number of piperidine rings is 1. The Bertz CT molecular complexity index is 1360. The summed E-state index contributed by atoms with van der Waals surface area (Å²) in [6.45, 7) is 4.17. The van der Waals surface area contributed by atoms with Gasteiger partial charge >= 0.3 is 0 Å². The van der Waals surface area contributed by atoms with Crippen molar-refractivity contribution < 1.29 is 4.74 Å². The summed E-state index contributed by atoms with van der Waals surface area (Å²) in [4.78, 5) is 15.6. The van der Waals surface area contributed by atoms with Gasteiger partial charge in [0.25, 0.3) is 5.56 Å². The highest BCUT2D eigenvalue weighted by atomic mass is 16.5. The summed E-state index contributed by atoms with van der Waals surface area (Å²) >= 11 is 0. The number of pyridine rings is 1. The Kier molecular flexibility index (Phi) is 5.56. The van der Waals surface area contributed by atoms with Gasteiger partial charge in [0.05, 0.1) is 24.8 Å². The van der Waals surface area contributed by atoms with Gasteiger partial charge < -0.3 is 9.30 Å². The van der Waals surface area contributed by atoms with Gasteiger partial charge in [-0.2, -0.15) is 0 Å². The van der Waals surface area contributed by atoms with Gasteiger partial charge in [-0.15, -0.1) is 0 Å². The number of nitrogens with zero attached hydrogens (tertiary/aromatic N) is 2. The van der Waals surface area contributed by atoms with Crippen LogP contribution in [0.3, 0.4) is 0 Å². The topological polar surface area (TPSA) is 34.5 Å². The van der Waals surface area contributed by atoms with Gasteiger partial charge in [-0.25, -0.2) is 0 Å². The zero-order valence-corrected chi connectivity index (χ0v) is 19.6. The van der Waals surface area contributed by atoms with Crippen LogP contribution in [-0.2, 0) is 11.8 Å². The first-order chi connectivity index (χ1) is 16.7. The number of hydrogen-bond acceptors (Lipinski definition) is 3. The Morgan fingerprint density at radius 3 is 2.18 bits per heavy atom. The van der Waals surface area contributed by atoms with Crippen LogP contribution in [0.2, 0.25) is 0 Å². The number of aryl methyl sites for hydroxylation is 1. The number of rotatable bonds is 4. The molecule has 4 aromatic rings. The van der Waals surface area contributed by atoms with Gasteiger partial charge in [-0.05, 0) is 77.7 Å². The average molecular weight is 451 g/mol. The van der Waals surface area contributed by atoms with Crippen molar-refractivity contribution in [3.63, 3.8) is 0 Å². The maximum Gasteiger partial charge on any atom is 0.258 e. The van der Waals surface area contributed by atoms with Crippen molar-refractivity contribution in [3.05, 3.63) is 94.8 Å². The van der Waals surface area contributed by atoms with Crippen LogP contribution in [0.5, 0.6) is 0 Å². The third-order valence-corrected chi connectivity index (χ3v) is 7.69. The fourth-order valence-corrected chi connectivity index (χ4v) is 5.47. The molecule has 0 spiro atoms. The lowest BCUT2D eigenvalue weighted by Crippen LogP contribution is -2.51. The molecule has 172 valence electrons. The zero-order valence-electron chi connectivity index (χ0n) is 19.6. The van der Waals surface area contributed by atoms with Crippen molar-refractivity contribution in [3.8, 4) is 22.3 Å². The van der Waals surface area contributed by atoms with Crippen LogP contribution in [-0.4, -0.2) is 41.8 Å². The number of fused-ring (bicyclic) bond motifs is 1. The smallest absolute Gasteiger partial charge is 0.258 e. The summed E-state index contributed by atoms with van der Waals surface area (Å²) in [6, 6.07) is 28.1. The van der Waals surface area contributed by atoms with Crippen LogP contribution in [0.4, 0.5) is 0 Å². The Morgan fingerprint density at radius 1 is 0.794 bits per heavy atom. The molecule has 0 unspecified atom stereocenters. The van der Waals surface area contributed by atoms with E-state index in [0.29, 0.717) is 12.0 Å². The molecule has 0 amide bonds. The monoisotopic (exact) mass is 450 g/mol. The molecule has 2 aliphatic rings. The molecule has 2 aliphatic heterocycles. The van der Waals surface area contributed by atoms with E-state index in [1.165, 1.54) is 42.6 Å². The summed E-state index contributed by atoms with van der Waals surface area (Å²) in [7, 11) is 1.86. The first-order valence-electron chi connectivity index (χ1n) is 12.3. The normalized spacial score (nSPS) is 17.7. The molecule has 0 bridgehead atoms. The maximum atomic E-state index is 13.0. The summed E-state index contributed by atoms with van der Waals surface area (Å²) in [5, 5.41) is 1.08. The molecular weight excluding hydrogens is 420 g/mol. The fraction of sp³-hybridized carbons (Fsp3) is 0.300. The van der Waals surface area contributed by atoms with Crippen LogP contribution < -0.4 is 5.56 Å². The van der Waals surface area contributed by atoms with E-state index in [1.807, 2.05) is 43.4 Å². The molecule has 0 radical (unpaired) electrons. The quantitative estimate of drug-likeness (QED) is 0.415. The van der Waals surface area contributed by atoms with Gasteiger partial charge in [0.15, 0.2) is 0 Å². The Balaban J connectivity index is 1.26. The van der Waals surface area contributed by atoms with Gasteiger partial charge in [0.2, 0.25) is 0 Å². The highest BCUT2D eigenvalue weighted by Crippen LogP contribution is 2.32. The van der Waals surface area contributed by atoms with E-state index in [4.69, 9.17) is 4.74 Å². The Morgan fingerprint density at radius 2 is 1.50 bits per heavy atom. The number of ether oxygens (including phenoxy) is 1. The molecule has 0 saturated carbocycles. The molecule has 2 fully saturated rings. The predicted molar refractivity (Wildman–Crippen MR) is 138 cm³/mol. The van der Waals surface area contributed by atoms with Crippen molar-refractivity contribution in [2.24, 2.45) is 7.05 Å². The summed E-state index contributed by atoms with van der Waals surface area (Å²) < 4.78 is 7.12. The van der Waals surface area contributed by atoms with E-state index in [1.54, 1.807) is 4.57 Å². The predicted octanol–water partition coefficient (Wildman–Crippen LogP) is 5.45. The lowest BCUT2D eigenvalue weighted by Gasteiger charge is -2.41. The van der Waals surface area contributed by atoms with E-state index in [9.17, 15) is 4.79 Å². The summed E-state index contributed by atoms with van der Waals surface area (Å²) in [5.41, 5.74) is 6.52. The van der Waals surface area contributed by atoms with Crippen molar-refractivity contribution in [1.82, 2.24) is 9.47 Å². The average Bonchev–Trinajstić information content (AvgIpc) is 2.86. The van der Waals surface area contributed by atoms with Crippen LogP contribution in [0, 0.1) is 0 Å². The Hall–Kier alpha value is -3.21. The van der Waals surface area contributed by atoms with Gasteiger partial charge in [0.1, 0.15) is 0 Å². The van der Waals surface area contributed by atoms with Gasteiger partial charge in [0, 0.05) is 12.6 Å². The number of aromatic nitrogens is 1. The Labute approximate surface area is 200 Å². The second kappa shape index (κ2) is 8.86. The SMILES string of the molecule is Cn1c(=O)c(-c2ccccc2)cc2cc(-c3ccc(C4CCN(C5COC5)CC4)cc3)ccc21. The standard InChI is InChI=1S/C30H30N2O2/c1-31-29-12-11-25(17-26(29)18-28(30(31)33)24-5-3-2-4-6-24)22-9-7-21(8-10-22)23-13-15-32(16-14-23)27-19-34-20-27/h2-12,17-18,23,27H,13-16,19-20H2,1H3.